The largest absolute Gasteiger partial charge is 0.450 e. The number of carbonyl (C=O) groups excluding carboxylic acids is 2. The first-order valence-electron chi connectivity index (χ1n) is 7.47. The lowest BCUT2D eigenvalue weighted by Gasteiger charge is -2.18. The monoisotopic (exact) mass is 331 g/mol. The van der Waals surface area contributed by atoms with Crippen LogP contribution in [0.5, 0.6) is 0 Å². The first-order valence-corrected chi connectivity index (χ1v) is 7.47. The number of aromatic nitrogens is 1. The topological polar surface area (TPSA) is 75.9 Å². The summed E-state index contributed by atoms with van der Waals surface area (Å²) in [7, 11) is 5.60. The van der Waals surface area contributed by atoms with Gasteiger partial charge in [0.15, 0.2) is 6.61 Å². The molecule has 0 N–H and O–H groups in total. The fraction of sp³-hybridized carbons (Fsp3) is 0.353. The van der Waals surface area contributed by atoms with E-state index < -0.39 is 5.97 Å². The molecule has 0 atom stereocenters. The maximum atomic E-state index is 12.1. The van der Waals surface area contributed by atoms with E-state index in [0.717, 1.165) is 11.3 Å². The van der Waals surface area contributed by atoms with E-state index in [2.05, 4.69) is 5.16 Å². The molecule has 7 nitrogen and oxygen atoms in total. The van der Waals surface area contributed by atoms with Gasteiger partial charge in [0.1, 0.15) is 0 Å². The van der Waals surface area contributed by atoms with Crippen molar-refractivity contribution in [3.05, 3.63) is 47.3 Å². The van der Waals surface area contributed by atoms with Crippen LogP contribution in [0.2, 0.25) is 0 Å². The van der Waals surface area contributed by atoms with Gasteiger partial charge in [-0.3, -0.25) is 4.79 Å². The standard InChI is InChI=1S/C17H21N3O4/c1-12-9-15(24-18-12)17(22)23-11-16(21)20(4)10-13-5-7-14(8-6-13)19(2)3/h5-9H,10-11H2,1-4H3. The summed E-state index contributed by atoms with van der Waals surface area (Å²) in [6.07, 6.45) is 0. The van der Waals surface area contributed by atoms with E-state index in [9.17, 15) is 9.59 Å². The first kappa shape index (κ1) is 17.5. The number of hydrogen-bond donors (Lipinski definition) is 0. The highest BCUT2D eigenvalue weighted by Gasteiger charge is 2.17. The minimum atomic E-state index is -0.701. The second-order valence-corrected chi connectivity index (χ2v) is 5.72. The highest BCUT2D eigenvalue weighted by atomic mass is 16.6. The van der Waals surface area contributed by atoms with Crippen molar-refractivity contribution >= 4 is 17.6 Å². The van der Waals surface area contributed by atoms with Crippen LogP contribution in [-0.4, -0.2) is 49.7 Å². The SMILES string of the molecule is Cc1cc(C(=O)OCC(=O)N(C)Cc2ccc(N(C)C)cc2)on1. The fourth-order valence-corrected chi connectivity index (χ4v) is 2.03. The molecule has 2 rings (SSSR count). The lowest BCUT2D eigenvalue weighted by atomic mass is 10.2. The Hall–Kier alpha value is -2.83. The van der Waals surface area contributed by atoms with Crippen molar-refractivity contribution in [1.82, 2.24) is 10.1 Å². The van der Waals surface area contributed by atoms with E-state index >= 15 is 0 Å². The summed E-state index contributed by atoms with van der Waals surface area (Å²) >= 11 is 0. The van der Waals surface area contributed by atoms with E-state index in [0.29, 0.717) is 12.2 Å². The maximum Gasteiger partial charge on any atom is 0.377 e. The molecule has 7 heteroatoms. The summed E-state index contributed by atoms with van der Waals surface area (Å²) in [6.45, 7) is 1.79. The number of anilines is 1. The maximum absolute atomic E-state index is 12.1. The molecule has 0 saturated heterocycles. The molecule has 0 saturated carbocycles. The van der Waals surface area contributed by atoms with Gasteiger partial charge in [0.2, 0.25) is 5.76 Å². The van der Waals surface area contributed by atoms with Crippen molar-refractivity contribution in [3.8, 4) is 0 Å². The Morgan fingerprint density at radius 2 is 1.83 bits per heavy atom. The Balaban J connectivity index is 1.84. The Morgan fingerprint density at radius 1 is 1.17 bits per heavy atom. The first-order chi connectivity index (χ1) is 11.4. The Morgan fingerprint density at radius 3 is 2.38 bits per heavy atom. The molecule has 128 valence electrons. The van der Waals surface area contributed by atoms with Gasteiger partial charge < -0.3 is 19.1 Å². The lowest BCUT2D eigenvalue weighted by molar-refractivity contribution is -0.133. The number of benzene rings is 1. The third-order valence-electron chi connectivity index (χ3n) is 3.45. The minimum absolute atomic E-state index is 0.0118. The van der Waals surface area contributed by atoms with Crippen LogP contribution < -0.4 is 4.90 Å². The molecular formula is C17H21N3O4. The van der Waals surface area contributed by atoms with Crippen molar-refractivity contribution < 1.29 is 18.8 Å². The van der Waals surface area contributed by atoms with Crippen LogP contribution in [0.25, 0.3) is 0 Å². The Bertz CT molecular complexity index is 707. The van der Waals surface area contributed by atoms with E-state index in [-0.39, 0.29) is 18.3 Å². The van der Waals surface area contributed by atoms with Crippen LogP contribution in [0.4, 0.5) is 5.69 Å². The Labute approximate surface area is 140 Å². The van der Waals surface area contributed by atoms with E-state index in [1.165, 1.54) is 11.0 Å². The van der Waals surface area contributed by atoms with Gasteiger partial charge in [-0.15, -0.1) is 0 Å². The average Bonchev–Trinajstić information content (AvgIpc) is 2.99. The number of ether oxygens (including phenoxy) is 1. The minimum Gasteiger partial charge on any atom is -0.450 e. The van der Waals surface area contributed by atoms with Crippen LogP contribution >= 0.6 is 0 Å². The number of rotatable bonds is 6. The van der Waals surface area contributed by atoms with Gasteiger partial charge >= 0.3 is 5.97 Å². The van der Waals surface area contributed by atoms with Crippen LogP contribution in [0.15, 0.2) is 34.9 Å². The summed E-state index contributed by atoms with van der Waals surface area (Å²) in [5.74, 6) is -1.01. The van der Waals surface area contributed by atoms with Crippen LogP contribution in [-0.2, 0) is 16.1 Å². The molecule has 0 radical (unpaired) electrons. The van der Waals surface area contributed by atoms with Gasteiger partial charge in [-0.25, -0.2) is 4.79 Å². The van der Waals surface area contributed by atoms with E-state index in [1.54, 1.807) is 14.0 Å². The van der Waals surface area contributed by atoms with Gasteiger partial charge in [0.25, 0.3) is 5.91 Å². The molecule has 1 aromatic heterocycles. The van der Waals surface area contributed by atoms with Gasteiger partial charge in [0.05, 0.1) is 5.69 Å². The third kappa shape index (κ3) is 4.58. The Kier molecular flexibility index (Phi) is 5.57. The average molecular weight is 331 g/mol. The highest BCUT2D eigenvalue weighted by molar-refractivity contribution is 5.88. The number of nitrogens with zero attached hydrogens (tertiary/aromatic N) is 3. The van der Waals surface area contributed by atoms with Crippen LogP contribution in [0, 0.1) is 6.92 Å². The van der Waals surface area contributed by atoms with Gasteiger partial charge in [-0.1, -0.05) is 17.3 Å². The number of hydrogen-bond acceptors (Lipinski definition) is 6. The molecule has 0 unspecified atom stereocenters. The number of esters is 1. The predicted molar refractivity (Wildman–Crippen MR) is 88.8 cm³/mol. The zero-order valence-corrected chi connectivity index (χ0v) is 14.3. The molecule has 1 aromatic carbocycles. The van der Waals surface area contributed by atoms with Gasteiger partial charge in [-0.05, 0) is 24.6 Å². The third-order valence-corrected chi connectivity index (χ3v) is 3.45. The number of amides is 1. The molecule has 0 aliphatic carbocycles. The van der Waals surface area contributed by atoms with Crippen molar-refractivity contribution in [2.45, 2.75) is 13.5 Å². The van der Waals surface area contributed by atoms with Crippen molar-refractivity contribution in [2.24, 2.45) is 0 Å². The second kappa shape index (κ2) is 7.63. The molecule has 0 aliphatic heterocycles. The molecule has 0 fully saturated rings. The van der Waals surface area contributed by atoms with Crippen molar-refractivity contribution in [3.63, 3.8) is 0 Å². The molecule has 1 amide bonds. The molecule has 2 aromatic rings. The summed E-state index contributed by atoms with van der Waals surface area (Å²) in [5.41, 5.74) is 2.66. The summed E-state index contributed by atoms with van der Waals surface area (Å²) in [6, 6.07) is 9.35. The summed E-state index contributed by atoms with van der Waals surface area (Å²) < 4.78 is 9.73. The smallest absolute Gasteiger partial charge is 0.377 e. The van der Waals surface area contributed by atoms with E-state index in [1.807, 2.05) is 43.3 Å². The lowest BCUT2D eigenvalue weighted by Crippen LogP contribution is -2.30. The molecule has 0 bridgehead atoms. The van der Waals surface area contributed by atoms with Gasteiger partial charge in [-0.2, -0.15) is 0 Å². The molecule has 24 heavy (non-hydrogen) atoms. The molecule has 0 spiro atoms. The fourth-order valence-electron chi connectivity index (χ4n) is 2.03. The zero-order chi connectivity index (χ0) is 17.7. The van der Waals surface area contributed by atoms with Crippen molar-refractivity contribution in [2.75, 3.05) is 32.6 Å². The van der Waals surface area contributed by atoms with Gasteiger partial charge in [0, 0.05) is 39.4 Å². The second-order valence-electron chi connectivity index (χ2n) is 5.72. The normalized spacial score (nSPS) is 10.3. The molecular weight excluding hydrogens is 310 g/mol. The quantitative estimate of drug-likeness (QED) is 0.752. The van der Waals surface area contributed by atoms with E-state index in [4.69, 9.17) is 9.26 Å². The zero-order valence-electron chi connectivity index (χ0n) is 14.3. The molecule has 0 aliphatic rings. The molecule has 1 heterocycles. The predicted octanol–water partition coefficient (Wildman–Crippen LogP) is 1.86. The number of likely N-dealkylation sites (N-methyl/N-ethyl adjacent to an activating group) is 1. The summed E-state index contributed by atoms with van der Waals surface area (Å²) in [4.78, 5) is 27.3. The van der Waals surface area contributed by atoms with Crippen LogP contribution in [0.3, 0.4) is 0 Å². The van der Waals surface area contributed by atoms with Crippen LogP contribution in [0.1, 0.15) is 21.8 Å². The summed E-state index contributed by atoms with van der Waals surface area (Å²) in [5, 5.41) is 3.60. The highest BCUT2D eigenvalue weighted by Crippen LogP contribution is 2.13. The van der Waals surface area contributed by atoms with Crippen molar-refractivity contribution in [1.29, 1.82) is 0 Å². The number of aryl methyl sites for hydroxylation is 1. The number of carbonyl (C=O) groups is 2.